The lowest BCUT2D eigenvalue weighted by Crippen LogP contribution is -2.53. The lowest BCUT2D eigenvalue weighted by atomic mass is 9.87. The second-order valence-corrected chi connectivity index (χ2v) is 13.7. The van der Waals surface area contributed by atoms with E-state index in [0.29, 0.717) is 27.8 Å². The zero-order chi connectivity index (χ0) is 30.4. The Kier molecular flexibility index (Phi) is 10.9. The predicted molar refractivity (Wildman–Crippen MR) is 167 cm³/mol. The molecule has 0 heterocycles. The van der Waals surface area contributed by atoms with Crippen LogP contribution >= 0.6 is 23.2 Å². The van der Waals surface area contributed by atoms with Crippen LogP contribution in [-0.2, 0) is 38.0 Å². The van der Waals surface area contributed by atoms with E-state index in [1.165, 1.54) is 4.90 Å². The maximum absolute atomic E-state index is 14.1. The summed E-state index contributed by atoms with van der Waals surface area (Å²) in [5.41, 5.74) is 2.68. The quantitative estimate of drug-likeness (QED) is 0.293. The largest absolute Gasteiger partial charge is 0.355 e. The summed E-state index contributed by atoms with van der Waals surface area (Å²) in [5, 5.41) is 3.60. The van der Waals surface area contributed by atoms with E-state index in [1.807, 2.05) is 42.5 Å². The first kappa shape index (κ1) is 32.4. The Morgan fingerprint density at radius 3 is 2.12 bits per heavy atom. The van der Waals surface area contributed by atoms with Crippen LogP contribution in [0, 0.1) is 0 Å². The molecule has 0 aromatic heterocycles. The van der Waals surface area contributed by atoms with Crippen LogP contribution in [0.4, 0.5) is 5.69 Å². The van der Waals surface area contributed by atoms with Gasteiger partial charge in [0.05, 0.1) is 11.9 Å². The SMILES string of the molecule is CCNC(=O)[C@@H](Cc1ccccc1)N(Cc1ccc(Cl)cc1Cl)C(=O)CN(c1ccc(C(C)(C)C)cc1)S(C)(=O)=O. The third kappa shape index (κ3) is 8.96. The predicted octanol–water partition coefficient (Wildman–Crippen LogP) is 5.83. The number of nitrogens with one attached hydrogen (secondary N) is 1. The Hall–Kier alpha value is -3.07. The number of anilines is 1. The van der Waals surface area contributed by atoms with Crippen LogP contribution < -0.4 is 9.62 Å². The molecule has 10 heteroatoms. The minimum Gasteiger partial charge on any atom is -0.355 e. The normalized spacial score (nSPS) is 12.5. The summed E-state index contributed by atoms with van der Waals surface area (Å²) in [4.78, 5) is 28.9. The van der Waals surface area contributed by atoms with Gasteiger partial charge in [-0.05, 0) is 53.3 Å². The van der Waals surface area contributed by atoms with E-state index in [0.717, 1.165) is 21.7 Å². The van der Waals surface area contributed by atoms with Crippen LogP contribution in [0.5, 0.6) is 0 Å². The van der Waals surface area contributed by atoms with Gasteiger partial charge in [-0.2, -0.15) is 0 Å². The molecule has 41 heavy (non-hydrogen) atoms. The first-order chi connectivity index (χ1) is 19.2. The lowest BCUT2D eigenvalue weighted by Gasteiger charge is -2.33. The molecule has 2 amide bonds. The molecular weight excluding hydrogens is 581 g/mol. The van der Waals surface area contributed by atoms with Crippen molar-refractivity contribution in [2.45, 2.75) is 52.1 Å². The Morgan fingerprint density at radius 1 is 0.951 bits per heavy atom. The van der Waals surface area contributed by atoms with E-state index in [-0.39, 0.29) is 24.3 Å². The van der Waals surface area contributed by atoms with Crippen molar-refractivity contribution < 1.29 is 18.0 Å². The molecule has 0 bridgehead atoms. The average molecular weight is 619 g/mol. The molecule has 0 saturated heterocycles. The third-order valence-corrected chi connectivity index (χ3v) is 8.41. The van der Waals surface area contributed by atoms with E-state index in [1.54, 1.807) is 37.3 Å². The molecule has 7 nitrogen and oxygen atoms in total. The van der Waals surface area contributed by atoms with Crippen molar-refractivity contribution >= 4 is 50.7 Å². The summed E-state index contributed by atoms with van der Waals surface area (Å²) in [6.45, 7) is 7.83. The maximum Gasteiger partial charge on any atom is 0.244 e. The molecule has 220 valence electrons. The average Bonchev–Trinajstić information content (AvgIpc) is 2.90. The molecule has 0 fully saturated rings. The van der Waals surface area contributed by atoms with Gasteiger partial charge in [-0.3, -0.25) is 13.9 Å². The van der Waals surface area contributed by atoms with Gasteiger partial charge in [0.2, 0.25) is 21.8 Å². The highest BCUT2D eigenvalue weighted by molar-refractivity contribution is 7.92. The van der Waals surface area contributed by atoms with Crippen molar-refractivity contribution in [3.05, 3.63) is 99.5 Å². The van der Waals surface area contributed by atoms with Crippen LogP contribution in [0.15, 0.2) is 72.8 Å². The molecule has 0 saturated carbocycles. The van der Waals surface area contributed by atoms with E-state index < -0.39 is 28.5 Å². The van der Waals surface area contributed by atoms with Crippen LogP contribution in [0.2, 0.25) is 10.0 Å². The smallest absolute Gasteiger partial charge is 0.244 e. The Bertz CT molecular complexity index is 1460. The van der Waals surface area contributed by atoms with Gasteiger partial charge in [0, 0.05) is 29.6 Å². The molecule has 3 rings (SSSR count). The lowest BCUT2D eigenvalue weighted by molar-refractivity contribution is -0.140. The molecule has 0 aliphatic heterocycles. The number of nitrogens with zero attached hydrogens (tertiary/aromatic N) is 2. The number of hydrogen-bond donors (Lipinski definition) is 1. The highest BCUT2D eigenvalue weighted by Gasteiger charge is 2.33. The summed E-state index contributed by atoms with van der Waals surface area (Å²) < 4.78 is 27.0. The van der Waals surface area contributed by atoms with Crippen molar-refractivity contribution in [2.75, 3.05) is 23.7 Å². The maximum atomic E-state index is 14.1. The number of amides is 2. The molecule has 0 spiro atoms. The van der Waals surface area contributed by atoms with Gasteiger partial charge in [-0.25, -0.2) is 8.42 Å². The summed E-state index contributed by atoms with van der Waals surface area (Å²) in [6, 6.07) is 20.4. The van der Waals surface area contributed by atoms with E-state index >= 15 is 0 Å². The zero-order valence-corrected chi connectivity index (χ0v) is 26.4. The third-order valence-electron chi connectivity index (χ3n) is 6.68. The second kappa shape index (κ2) is 13.7. The molecule has 0 radical (unpaired) electrons. The highest BCUT2D eigenvalue weighted by atomic mass is 35.5. The number of carbonyl (C=O) groups is 2. The molecule has 0 unspecified atom stereocenters. The highest BCUT2D eigenvalue weighted by Crippen LogP contribution is 2.27. The van der Waals surface area contributed by atoms with Gasteiger partial charge < -0.3 is 10.2 Å². The molecule has 3 aromatic rings. The number of sulfonamides is 1. The Balaban J connectivity index is 2.06. The Morgan fingerprint density at radius 2 is 1.59 bits per heavy atom. The second-order valence-electron chi connectivity index (χ2n) is 10.9. The van der Waals surface area contributed by atoms with Gasteiger partial charge in [-0.15, -0.1) is 0 Å². The number of benzene rings is 3. The monoisotopic (exact) mass is 617 g/mol. The fourth-order valence-corrected chi connectivity index (χ4v) is 5.74. The van der Waals surface area contributed by atoms with Gasteiger partial charge in [-0.1, -0.05) is 92.5 Å². The molecule has 1 atom stereocenters. The minimum atomic E-state index is -3.85. The molecule has 0 aliphatic carbocycles. The number of carbonyl (C=O) groups excluding carboxylic acids is 2. The van der Waals surface area contributed by atoms with Crippen molar-refractivity contribution in [2.24, 2.45) is 0 Å². The standard InChI is InChI=1S/C31H37Cl2N3O4S/c1-6-34-30(38)28(18-22-10-8-7-9-11-22)35(20-23-12-15-25(32)19-27(23)33)29(37)21-36(41(5,39)40)26-16-13-24(14-17-26)31(2,3)4/h7-17,19,28H,6,18,20-21H2,1-5H3,(H,34,38)/t28-/m1/s1. The first-order valence-electron chi connectivity index (χ1n) is 13.3. The number of likely N-dealkylation sites (N-methyl/N-ethyl adjacent to an activating group) is 1. The minimum absolute atomic E-state index is 0.0238. The van der Waals surface area contributed by atoms with Gasteiger partial charge in [0.1, 0.15) is 12.6 Å². The molecule has 0 aliphatic rings. The van der Waals surface area contributed by atoms with Crippen molar-refractivity contribution in [1.29, 1.82) is 0 Å². The number of rotatable bonds is 11. The van der Waals surface area contributed by atoms with E-state index in [2.05, 4.69) is 26.1 Å². The van der Waals surface area contributed by atoms with Gasteiger partial charge in [0.15, 0.2) is 0 Å². The number of hydrogen-bond acceptors (Lipinski definition) is 4. The summed E-state index contributed by atoms with van der Waals surface area (Å²) in [5.74, 6) is -0.899. The zero-order valence-electron chi connectivity index (χ0n) is 24.0. The van der Waals surface area contributed by atoms with Crippen molar-refractivity contribution in [3.8, 4) is 0 Å². The fraction of sp³-hybridized carbons (Fsp3) is 0.355. The van der Waals surface area contributed by atoms with Gasteiger partial charge >= 0.3 is 0 Å². The van der Waals surface area contributed by atoms with Crippen LogP contribution in [0.25, 0.3) is 0 Å². The van der Waals surface area contributed by atoms with E-state index in [4.69, 9.17) is 23.2 Å². The van der Waals surface area contributed by atoms with Crippen LogP contribution in [-0.4, -0.2) is 50.5 Å². The number of halogens is 2. The summed E-state index contributed by atoms with van der Waals surface area (Å²) >= 11 is 12.6. The molecule has 1 N–H and O–H groups in total. The Labute approximate surface area is 253 Å². The fourth-order valence-electron chi connectivity index (χ4n) is 4.42. The first-order valence-corrected chi connectivity index (χ1v) is 15.9. The molecule has 3 aromatic carbocycles. The van der Waals surface area contributed by atoms with Crippen molar-refractivity contribution in [3.63, 3.8) is 0 Å². The topological polar surface area (TPSA) is 86.8 Å². The van der Waals surface area contributed by atoms with Crippen molar-refractivity contribution in [1.82, 2.24) is 10.2 Å². The van der Waals surface area contributed by atoms with Crippen LogP contribution in [0.3, 0.4) is 0 Å². The summed E-state index contributed by atoms with van der Waals surface area (Å²) in [7, 11) is -3.85. The summed E-state index contributed by atoms with van der Waals surface area (Å²) in [6.07, 6.45) is 1.28. The van der Waals surface area contributed by atoms with E-state index in [9.17, 15) is 18.0 Å². The molecular formula is C31H37Cl2N3O4S. The van der Waals surface area contributed by atoms with Crippen LogP contribution in [0.1, 0.15) is 44.4 Å². The van der Waals surface area contributed by atoms with Gasteiger partial charge in [0.25, 0.3) is 0 Å².